The summed E-state index contributed by atoms with van der Waals surface area (Å²) < 4.78 is 47.0. The second-order valence-corrected chi connectivity index (χ2v) is 6.44. The van der Waals surface area contributed by atoms with Gasteiger partial charge in [-0.3, -0.25) is 9.40 Å². The van der Waals surface area contributed by atoms with Gasteiger partial charge in [0.05, 0.1) is 24.5 Å². The number of benzene rings is 1. The Morgan fingerprint density at radius 2 is 2.19 bits per heavy atom. The van der Waals surface area contributed by atoms with Crippen LogP contribution in [0, 0.1) is 5.82 Å². The Kier molecular flexibility index (Phi) is 3.64. The molecule has 0 radical (unpaired) electrons. The first-order valence-electron chi connectivity index (χ1n) is 6.45. The average Bonchev–Trinajstić information content (AvgIpc) is 3.11. The Bertz CT molecular complexity index is 739. The molecule has 1 atom stereocenters. The van der Waals surface area contributed by atoms with Gasteiger partial charge in [0.15, 0.2) is 0 Å². The van der Waals surface area contributed by atoms with E-state index in [9.17, 15) is 12.8 Å². The Hall–Kier alpha value is -1.93. The molecule has 0 bridgehead atoms. The van der Waals surface area contributed by atoms with Crippen molar-refractivity contribution in [2.24, 2.45) is 0 Å². The molecular formula is C13H14FN3O3S. The molecule has 1 fully saturated rings. The van der Waals surface area contributed by atoms with Crippen molar-refractivity contribution in [3.05, 3.63) is 42.5 Å². The van der Waals surface area contributed by atoms with E-state index < -0.39 is 15.8 Å². The quantitative estimate of drug-likeness (QED) is 0.934. The predicted octanol–water partition coefficient (Wildman–Crippen LogP) is 1.78. The Morgan fingerprint density at radius 3 is 2.90 bits per heavy atom. The van der Waals surface area contributed by atoms with E-state index in [0.29, 0.717) is 13.2 Å². The van der Waals surface area contributed by atoms with Crippen molar-refractivity contribution in [2.75, 3.05) is 17.9 Å². The van der Waals surface area contributed by atoms with Gasteiger partial charge in [-0.15, -0.1) is 0 Å². The van der Waals surface area contributed by atoms with Crippen molar-refractivity contribution in [3.63, 3.8) is 0 Å². The number of halogens is 1. The van der Waals surface area contributed by atoms with Crippen molar-refractivity contribution in [1.82, 2.24) is 9.78 Å². The lowest BCUT2D eigenvalue weighted by Gasteiger charge is -2.08. The Morgan fingerprint density at radius 1 is 1.38 bits per heavy atom. The SMILES string of the molecule is O=S(=O)(Nc1ccccc1F)c1cnn(C2CCOC2)c1. The molecule has 2 heterocycles. The summed E-state index contributed by atoms with van der Waals surface area (Å²) >= 11 is 0. The van der Waals surface area contributed by atoms with Crippen LogP contribution >= 0.6 is 0 Å². The molecule has 0 amide bonds. The molecule has 2 aromatic rings. The topological polar surface area (TPSA) is 73.2 Å². The zero-order valence-electron chi connectivity index (χ0n) is 11.1. The van der Waals surface area contributed by atoms with Crippen LogP contribution in [0.15, 0.2) is 41.6 Å². The first-order valence-corrected chi connectivity index (χ1v) is 7.94. The molecule has 0 aliphatic carbocycles. The van der Waals surface area contributed by atoms with Gasteiger partial charge in [-0.05, 0) is 18.6 Å². The average molecular weight is 311 g/mol. The minimum Gasteiger partial charge on any atom is -0.379 e. The smallest absolute Gasteiger partial charge is 0.265 e. The van der Waals surface area contributed by atoms with Gasteiger partial charge in [0.2, 0.25) is 0 Å². The minimum atomic E-state index is -3.86. The van der Waals surface area contributed by atoms with E-state index in [1.54, 1.807) is 10.7 Å². The zero-order valence-corrected chi connectivity index (χ0v) is 11.9. The molecule has 1 N–H and O–H groups in total. The fourth-order valence-corrected chi connectivity index (χ4v) is 3.14. The van der Waals surface area contributed by atoms with Crippen molar-refractivity contribution < 1.29 is 17.5 Å². The van der Waals surface area contributed by atoms with Gasteiger partial charge in [-0.1, -0.05) is 12.1 Å². The van der Waals surface area contributed by atoms with Crippen LogP contribution in [0.3, 0.4) is 0 Å². The molecule has 1 aromatic heterocycles. The van der Waals surface area contributed by atoms with Gasteiger partial charge in [-0.2, -0.15) is 5.10 Å². The molecule has 1 aromatic carbocycles. The number of rotatable bonds is 4. The molecule has 3 rings (SSSR count). The summed E-state index contributed by atoms with van der Waals surface area (Å²) in [7, 11) is -3.86. The fraction of sp³-hybridized carbons (Fsp3) is 0.308. The number of para-hydroxylation sites is 1. The number of ether oxygens (including phenoxy) is 1. The number of nitrogens with one attached hydrogen (secondary N) is 1. The molecular weight excluding hydrogens is 297 g/mol. The fourth-order valence-electron chi connectivity index (χ4n) is 2.14. The number of aromatic nitrogens is 2. The molecule has 0 saturated carbocycles. The molecule has 1 unspecified atom stereocenters. The Balaban J connectivity index is 1.83. The van der Waals surface area contributed by atoms with E-state index in [1.165, 1.54) is 30.6 Å². The maximum atomic E-state index is 13.5. The number of anilines is 1. The van der Waals surface area contributed by atoms with Crippen LogP contribution < -0.4 is 4.72 Å². The predicted molar refractivity (Wildman–Crippen MR) is 73.9 cm³/mol. The van der Waals surface area contributed by atoms with Crippen molar-refractivity contribution in [1.29, 1.82) is 0 Å². The van der Waals surface area contributed by atoms with Gasteiger partial charge < -0.3 is 4.74 Å². The summed E-state index contributed by atoms with van der Waals surface area (Å²) in [6.45, 7) is 1.15. The number of sulfonamides is 1. The second-order valence-electron chi connectivity index (χ2n) is 4.76. The van der Waals surface area contributed by atoms with E-state index in [4.69, 9.17) is 4.74 Å². The first-order chi connectivity index (χ1) is 10.1. The molecule has 112 valence electrons. The molecule has 21 heavy (non-hydrogen) atoms. The maximum Gasteiger partial charge on any atom is 0.265 e. The first kappa shape index (κ1) is 14.0. The number of nitrogens with zero attached hydrogens (tertiary/aromatic N) is 2. The largest absolute Gasteiger partial charge is 0.379 e. The van der Waals surface area contributed by atoms with Crippen LogP contribution in [-0.2, 0) is 14.8 Å². The number of hydrogen-bond acceptors (Lipinski definition) is 4. The standard InChI is InChI=1S/C13H14FN3O3S/c14-12-3-1-2-4-13(12)16-21(18,19)11-7-15-17(8-11)10-5-6-20-9-10/h1-4,7-8,10,16H,5-6,9H2. The van der Waals surface area contributed by atoms with Gasteiger partial charge in [-0.25, -0.2) is 12.8 Å². The highest BCUT2D eigenvalue weighted by Crippen LogP contribution is 2.22. The van der Waals surface area contributed by atoms with E-state index in [-0.39, 0.29) is 16.6 Å². The van der Waals surface area contributed by atoms with E-state index in [2.05, 4.69) is 9.82 Å². The normalized spacial score (nSPS) is 18.8. The second kappa shape index (κ2) is 5.45. The van der Waals surface area contributed by atoms with Crippen LogP contribution in [0.5, 0.6) is 0 Å². The molecule has 1 aliphatic heterocycles. The van der Waals surface area contributed by atoms with E-state index >= 15 is 0 Å². The van der Waals surface area contributed by atoms with Crippen LogP contribution in [-0.4, -0.2) is 31.4 Å². The zero-order chi connectivity index (χ0) is 14.9. The van der Waals surface area contributed by atoms with Gasteiger partial charge >= 0.3 is 0 Å². The lowest BCUT2D eigenvalue weighted by atomic mass is 10.3. The summed E-state index contributed by atoms with van der Waals surface area (Å²) in [5, 5.41) is 4.05. The van der Waals surface area contributed by atoms with Crippen molar-refractivity contribution in [3.8, 4) is 0 Å². The lowest BCUT2D eigenvalue weighted by Crippen LogP contribution is -2.14. The van der Waals surface area contributed by atoms with Crippen LogP contribution in [0.1, 0.15) is 12.5 Å². The molecule has 1 aliphatic rings. The summed E-state index contributed by atoms with van der Waals surface area (Å²) in [6, 6.07) is 5.65. The third-order valence-electron chi connectivity index (χ3n) is 3.29. The van der Waals surface area contributed by atoms with Crippen LogP contribution in [0.2, 0.25) is 0 Å². The minimum absolute atomic E-state index is 0.00217. The molecule has 8 heteroatoms. The van der Waals surface area contributed by atoms with Crippen molar-refractivity contribution >= 4 is 15.7 Å². The third kappa shape index (κ3) is 2.91. The summed E-state index contributed by atoms with van der Waals surface area (Å²) in [5.74, 6) is -0.627. The Labute approximate surface area is 121 Å². The molecule has 0 spiro atoms. The van der Waals surface area contributed by atoms with Crippen LogP contribution in [0.25, 0.3) is 0 Å². The van der Waals surface area contributed by atoms with Crippen LogP contribution in [0.4, 0.5) is 10.1 Å². The highest BCUT2D eigenvalue weighted by atomic mass is 32.2. The highest BCUT2D eigenvalue weighted by molar-refractivity contribution is 7.92. The van der Waals surface area contributed by atoms with Gasteiger partial charge in [0.1, 0.15) is 10.7 Å². The van der Waals surface area contributed by atoms with E-state index in [1.807, 2.05) is 0 Å². The van der Waals surface area contributed by atoms with Gasteiger partial charge in [0, 0.05) is 12.8 Å². The third-order valence-corrected chi connectivity index (χ3v) is 4.61. The lowest BCUT2D eigenvalue weighted by molar-refractivity contribution is 0.184. The summed E-state index contributed by atoms with van der Waals surface area (Å²) in [5.41, 5.74) is -0.0885. The van der Waals surface area contributed by atoms with Gasteiger partial charge in [0.25, 0.3) is 10.0 Å². The molecule has 1 saturated heterocycles. The van der Waals surface area contributed by atoms with E-state index in [0.717, 1.165) is 6.42 Å². The summed E-state index contributed by atoms with van der Waals surface area (Å²) in [4.78, 5) is -0.00217. The summed E-state index contributed by atoms with van der Waals surface area (Å²) in [6.07, 6.45) is 3.48. The maximum absolute atomic E-state index is 13.5. The highest BCUT2D eigenvalue weighted by Gasteiger charge is 2.22. The molecule has 6 nitrogen and oxygen atoms in total. The number of hydrogen-bond donors (Lipinski definition) is 1. The van der Waals surface area contributed by atoms with Crippen molar-refractivity contribution in [2.45, 2.75) is 17.4 Å². The monoisotopic (exact) mass is 311 g/mol.